The molecule has 0 saturated heterocycles. The smallest absolute Gasteiger partial charge is 0.337 e. The average molecular weight is 515 g/mol. The number of carbonyl (C=O) groups excluding carboxylic acids is 3. The zero-order chi connectivity index (χ0) is 24.0. The van der Waals surface area contributed by atoms with E-state index in [1.165, 1.54) is 38.7 Å². The molecule has 0 fully saturated rings. The van der Waals surface area contributed by atoms with Crippen LogP contribution in [0, 0.1) is 0 Å². The Balaban J connectivity index is 1.81. The highest BCUT2D eigenvalue weighted by atomic mass is 79.9. The number of aromatic nitrogens is 2. The second kappa shape index (κ2) is 10.4. The SMILES string of the molecule is COC(=O)c1cc(Nc2ncnc(NNC(=O)c3ccc(Br)cc3)c2N)cc(C(=O)OC)c1. The fourth-order valence-corrected chi connectivity index (χ4v) is 2.96. The number of halogens is 1. The number of anilines is 4. The number of ether oxygens (including phenoxy) is 2. The standard InChI is InChI=1S/C21H19BrN6O5/c1-32-20(30)12-7-13(21(31)33-2)9-15(8-12)26-17-16(23)18(25-10-24-17)27-28-19(29)11-3-5-14(22)6-4-11/h3-10H,23H2,1-2H3,(H,28,29)(H2,24,25,26,27). The van der Waals surface area contributed by atoms with E-state index in [1.807, 2.05) is 0 Å². The molecular formula is C21H19BrN6O5. The van der Waals surface area contributed by atoms with Crippen LogP contribution in [0.25, 0.3) is 0 Å². The summed E-state index contributed by atoms with van der Waals surface area (Å²) in [5.74, 6) is -1.38. The molecule has 33 heavy (non-hydrogen) atoms. The predicted molar refractivity (Wildman–Crippen MR) is 124 cm³/mol. The third-order valence-electron chi connectivity index (χ3n) is 4.32. The molecule has 0 bridgehead atoms. The Morgan fingerprint density at radius 2 is 1.45 bits per heavy atom. The zero-order valence-corrected chi connectivity index (χ0v) is 19.1. The van der Waals surface area contributed by atoms with Crippen LogP contribution in [0.3, 0.4) is 0 Å². The van der Waals surface area contributed by atoms with Gasteiger partial charge in [-0.2, -0.15) is 0 Å². The second-order valence-electron chi connectivity index (χ2n) is 6.48. The summed E-state index contributed by atoms with van der Waals surface area (Å²) < 4.78 is 10.3. The number of rotatable bonds is 7. The Kier molecular flexibility index (Phi) is 7.41. The van der Waals surface area contributed by atoms with Crippen LogP contribution in [-0.2, 0) is 9.47 Å². The molecule has 1 aromatic heterocycles. The van der Waals surface area contributed by atoms with Crippen molar-refractivity contribution < 1.29 is 23.9 Å². The van der Waals surface area contributed by atoms with Gasteiger partial charge in [-0.3, -0.25) is 15.6 Å². The molecule has 3 rings (SSSR count). The van der Waals surface area contributed by atoms with Crippen LogP contribution >= 0.6 is 15.9 Å². The predicted octanol–water partition coefficient (Wildman–Crippen LogP) is 2.90. The van der Waals surface area contributed by atoms with Gasteiger partial charge in [0, 0.05) is 15.7 Å². The molecule has 12 heteroatoms. The highest BCUT2D eigenvalue weighted by Gasteiger charge is 2.16. The number of methoxy groups -OCH3 is 2. The quantitative estimate of drug-likeness (QED) is 0.272. The lowest BCUT2D eigenvalue weighted by molar-refractivity contribution is 0.0599. The molecule has 0 radical (unpaired) electrons. The summed E-state index contributed by atoms with van der Waals surface area (Å²) in [6.07, 6.45) is 1.22. The third-order valence-corrected chi connectivity index (χ3v) is 4.85. The molecule has 2 aromatic carbocycles. The highest BCUT2D eigenvalue weighted by molar-refractivity contribution is 9.10. The van der Waals surface area contributed by atoms with Gasteiger partial charge in [-0.15, -0.1) is 0 Å². The summed E-state index contributed by atoms with van der Waals surface area (Å²) in [6, 6.07) is 11.0. The summed E-state index contributed by atoms with van der Waals surface area (Å²) in [5, 5.41) is 2.93. The number of nitrogens with one attached hydrogen (secondary N) is 3. The maximum Gasteiger partial charge on any atom is 0.337 e. The number of hydrazine groups is 1. The molecule has 1 amide bonds. The molecule has 1 heterocycles. The minimum atomic E-state index is -0.641. The van der Waals surface area contributed by atoms with E-state index in [-0.39, 0.29) is 28.5 Å². The van der Waals surface area contributed by atoms with Crippen LogP contribution < -0.4 is 21.9 Å². The van der Waals surface area contributed by atoms with Gasteiger partial charge in [-0.1, -0.05) is 15.9 Å². The molecule has 0 unspecified atom stereocenters. The number of carbonyl (C=O) groups is 3. The van der Waals surface area contributed by atoms with Crippen LogP contribution in [0.15, 0.2) is 53.3 Å². The first kappa shape index (κ1) is 23.5. The Labute approximate surface area is 196 Å². The van der Waals surface area contributed by atoms with Gasteiger partial charge in [0.15, 0.2) is 11.6 Å². The van der Waals surface area contributed by atoms with Gasteiger partial charge in [0.1, 0.15) is 12.0 Å². The maximum absolute atomic E-state index is 12.3. The number of benzene rings is 2. The van der Waals surface area contributed by atoms with Crippen molar-refractivity contribution in [3.05, 3.63) is 70.0 Å². The molecule has 0 spiro atoms. The van der Waals surface area contributed by atoms with E-state index in [4.69, 9.17) is 15.2 Å². The molecule has 0 aliphatic heterocycles. The van der Waals surface area contributed by atoms with E-state index in [9.17, 15) is 14.4 Å². The van der Waals surface area contributed by atoms with Crippen molar-refractivity contribution in [1.29, 1.82) is 0 Å². The van der Waals surface area contributed by atoms with Crippen LogP contribution in [0.1, 0.15) is 31.1 Å². The molecular weight excluding hydrogens is 496 g/mol. The minimum Gasteiger partial charge on any atom is -0.465 e. The Morgan fingerprint density at radius 3 is 2.03 bits per heavy atom. The molecule has 170 valence electrons. The summed E-state index contributed by atoms with van der Waals surface area (Å²) in [4.78, 5) is 44.4. The van der Waals surface area contributed by atoms with Gasteiger partial charge in [0.25, 0.3) is 5.91 Å². The third kappa shape index (κ3) is 5.74. The Morgan fingerprint density at radius 1 is 0.879 bits per heavy atom. The molecule has 3 aromatic rings. The highest BCUT2D eigenvalue weighted by Crippen LogP contribution is 2.27. The van der Waals surface area contributed by atoms with Crippen molar-refractivity contribution >= 4 is 56.8 Å². The minimum absolute atomic E-state index is 0.0803. The maximum atomic E-state index is 12.3. The lowest BCUT2D eigenvalue weighted by Crippen LogP contribution is -2.30. The number of nitrogen functional groups attached to an aromatic ring is 1. The number of amides is 1. The summed E-state index contributed by atoms with van der Waals surface area (Å²) >= 11 is 3.31. The van der Waals surface area contributed by atoms with Gasteiger partial charge in [-0.05, 0) is 42.5 Å². The van der Waals surface area contributed by atoms with Crippen molar-refractivity contribution in [3.8, 4) is 0 Å². The van der Waals surface area contributed by atoms with Crippen LogP contribution in [0.4, 0.5) is 23.0 Å². The average Bonchev–Trinajstić information content (AvgIpc) is 2.83. The fraction of sp³-hybridized carbons (Fsp3) is 0.0952. The Bertz CT molecular complexity index is 1170. The molecule has 0 saturated carbocycles. The van der Waals surface area contributed by atoms with E-state index < -0.39 is 17.8 Å². The number of nitrogens with zero attached hydrogens (tertiary/aromatic N) is 2. The zero-order valence-electron chi connectivity index (χ0n) is 17.5. The van der Waals surface area contributed by atoms with E-state index in [0.29, 0.717) is 11.3 Å². The first-order chi connectivity index (χ1) is 15.8. The molecule has 5 N–H and O–H groups in total. The first-order valence-electron chi connectivity index (χ1n) is 9.33. The van der Waals surface area contributed by atoms with Crippen molar-refractivity contribution in [1.82, 2.24) is 15.4 Å². The van der Waals surface area contributed by atoms with Crippen molar-refractivity contribution in [2.24, 2.45) is 0 Å². The van der Waals surface area contributed by atoms with Gasteiger partial charge < -0.3 is 20.5 Å². The monoisotopic (exact) mass is 514 g/mol. The van der Waals surface area contributed by atoms with Crippen LogP contribution in [0.2, 0.25) is 0 Å². The number of nitrogens with two attached hydrogens (primary N) is 1. The lowest BCUT2D eigenvalue weighted by Gasteiger charge is -2.14. The van der Waals surface area contributed by atoms with Crippen LogP contribution in [0.5, 0.6) is 0 Å². The van der Waals surface area contributed by atoms with E-state index in [0.717, 1.165) is 4.47 Å². The van der Waals surface area contributed by atoms with Gasteiger partial charge in [0.2, 0.25) is 0 Å². The Hall–Kier alpha value is -4.19. The largest absolute Gasteiger partial charge is 0.465 e. The summed E-state index contributed by atoms with van der Waals surface area (Å²) in [6.45, 7) is 0. The van der Waals surface area contributed by atoms with Crippen molar-refractivity contribution in [2.75, 3.05) is 30.7 Å². The number of esters is 2. The second-order valence-corrected chi connectivity index (χ2v) is 7.39. The summed E-state index contributed by atoms with van der Waals surface area (Å²) in [5.41, 5.74) is 12.4. The van der Waals surface area contributed by atoms with E-state index in [2.05, 4.69) is 42.1 Å². The molecule has 0 atom stereocenters. The molecule has 0 aliphatic rings. The van der Waals surface area contributed by atoms with Gasteiger partial charge >= 0.3 is 11.9 Å². The topological polar surface area (TPSA) is 158 Å². The fourth-order valence-electron chi connectivity index (χ4n) is 2.69. The summed E-state index contributed by atoms with van der Waals surface area (Å²) in [7, 11) is 2.45. The molecule has 11 nitrogen and oxygen atoms in total. The van der Waals surface area contributed by atoms with Crippen molar-refractivity contribution in [2.45, 2.75) is 0 Å². The normalized spacial score (nSPS) is 10.2. The van der Waals surface area contributed by atoms with Gasteiger partial charge in [-0.25, -0.2) is 19.6 Å². The first-order valence-corrected chi connectivity index (χ1v) is 10.1. The van der Waals surface area contributed by atoms with Gasteiger partial charge in [0.05, 0.1) is 25.3 Å². The molecule has 0 aliphatic carbocycles. The number of hydrogen-bond acceptors (Lipinski definition) is 10. The van der Waals surface area contributed by atoms with Crippen LogP contribution in [-0.4, -0.2) is 42.0 Å². The lowest BCUT2D eigenvalue weighted by atomic mass is 10.1. The van der Waals surface area contributed by atoms with E-state index in [1.54, 1.807) is 24.3 Å². The van der Waals surface area contributed by atoms with Crippen molar-refractivity contribution in [3.63, 3.8) is 0 Å². The number of hydrogen-bond donors (Lipinski definition) is 4. The van der Waals surface area contributed by atoms with E-state index >= 15 is 0 Å².